The van der Waals surface area contributed by atoms with Gasteiger partial charge < -0.3 is 20.0 Å². The summed E-state index contributed by atoms with van der Waals surface area (Å²) in [4.78, 5) is 58.1. The molecule has 12 nitrogen and oxygen atoms in total. The minimum absolute atomic E-state index is 0.0244. The predicted molar refractivity (Wildman–Crippen MR) is 222 cm³/mol. The number of benzene rings is 5. The Morgan fingerprint density at radius 3 is 2.02 bits per heavy atom. The number of fused-ring (bicyclic) bond motifs is 3. The number of amides is 2. The fourth-order valence-corrected chi connectivity index (χ4v) is 7.60. The van der Waals surface area contributed by atoms with Crippen molar-refractivity contribution in [3.05, 3.63) is 183 Å². The van der Waals surface area contributed by atoms with Crippen molar-refractivity contribution < 1.29 is 19.8 Å². The minimum Gasteiger partial charge on any atom is -0.395 e. The number of nitrogens with zero attached hydrogens (tertiary/aromatic N) is 6. The van der Waals surface area contributed by atoms with Crippen LogP contribution in [0.4, 0.5) is 5.69 Å². The van der Waals surface area contributed by atoms with E-state index in [9.17, 15) is 29.4 Å². The lowest BCUT2D eigenvalue weighted by molar-refractivity contribution is -0.139. The molecule has 0 unspecified atom stereocenters. The number of carbonyl (C=O) groups is 2. The number of aromatic nitrogens is 4. The molecule has 5 aromatic carbocycles. The van der Waals surface area contributed by atoms with Crippen LogP contribution in [0.5, 0.6) is 0 Å². The van der Waals surface area contributed by atoms with Crippen molar-refractivity contribution in [2.75, 3.05) is 18.1 Å². The van der Waals surface area contributed by atoms with Gasteiger partial charge in [-0.1, -0.05) is 97.9 Å². The zero-order valence-electron chi connectivity index (χ0n) is 31.7. The van der Waals surface area contributed by atoms with Crippen LogP contribution >= 0.6 is 0 Å². The number of hydrogen-bond acceptors (Lipinski definition) is 8. The smallest absolute Gasteiger partial charge is 0.279 e. The van der Waals surface area contributed by atoms with Gasteiger partial charge in [0.1, 0.15) is 0 Å². The van der Waals surface area contributed by atoms with Crippen molar-refractivity contribution >= 4 is 39.0 Å². The van der Waals surface area contributed by atoms with E-state index in [4.69, 9.17) is 0 Å². The third-order valence-corrected chi connectivity index (χ3v) is 10.7. The molecular weight excluding hydrogens is 733 g/mol. The number of hydrogen-bond donors (Lipinski definition) is 2. The molecule has 58 heavy (non-hydrogen) atoms. The monoisotopic (exact) mass is 772 g/mol. The van der Waals surface area contributed by atoms with Crippen LogP contribution in [-0.4, -0.2) is 59.6 Å². The number of aliphatic hydroxyl groups is 2. The maximum atomic E-state index is 14.7. The molecule has 0 bridgehead atoms. The highest BCUT2D eigenvalue weighted by Gasteiger charge is 2.52. The molecule has 2 amide bonds. The lowest BCUT2D eigenvalue weighted by atomic mass is 9.82. The summed E-state index contributed by atoms with van der Waals surface area (Å²) in [5, 5.41) is 33.5. The third-order valence-electron chi connectivity index (χ3n) is 10.7. The molecule has 0 saturated heterocycles. The summed E-state index contributed by atoms with van der Waals surface area (Å²) in [6.07, 6.45) is 6.48. The molecule has 8 rings (SSSR count). The highest BCUT2D eigenvalue weighted by atomic mass is 16.3. The second-order valence-corrected chi connectivity index (χ2v) is 14.4. The summed E-state index contributed by atoms with van der Waals surface area (Å²) in [6, 6.07) is 36.0. The van der Waals surface area contributed by atoms with E-state index in [0.717, 1.165) is 10.9 Å². The van der Waals surface area contributed by atoms with Gasteiger partial charge in [-0.05, 0) is 53.6 Å². The van der Waals surface area contributed by atoms with Crippen LogP contribution in [-0.2, 0) is 28.3 Å². The average Bonchev–Trinajstić information content (AvgIpc) is 3.46. The maximum absolute atomic E-state index is 14.7. The van der Waals surface area contributed by atoms with Gasteiger partial charge in [0.25, 0.3) is 17.0 Å². The van der Waals surface area contributed by atoms with Crippen LogP contribution in [0.3, 0.4) is 0 Å². The van der Waals surface area contributed by atoms with Gasteiger partial charge >= 0.3 is 0 Å². The minimum atomic E-state index is -2.10. The summed E-state index contributed by atoms with van der Waals surface area (Å²) >= 11 is 0. The van der Waals surface area contributed by atoms with Crippen LogP contribution in [0.15, 0.2) is 155 Å². The SMILES string of the molecule is C[C@@H](/C=C/CC(=O)N(CCO)Cc1ccccc1)[C@]1(O)C(=O)N(Cc2cccc(-n3ncc4ccccc4c3=O)c2)c2ccc(-n3ncc4ccccc4c3=O)cc21. The van der Waals surface area contributed by atoms with Crippen molar-refractivity contribution in [3.63, 3.8) is 0 Å². The fourth-order valence-electron chi connectivity index (χ4n) is 7.60. The van der Waals surface area contributed by atoms with Crippen molar-refractivity contribution in [3.8, 4) is 11.4 Å². The summed E-state index contributed by atoms with van der Waals surface area (Å²) < 4.78 is 2.56. The van der Waals surface area contributed by atoms with Crippen molar-refractivity contribution in [2.45, 2.75) is 32.0 Å². The van der Waals surface area contributed by atoms with Crippen LogP contribution in [0, 0.1) is 5.92 Å². The molecule has 2 aromatic heterocycles. The normalized spacial score (nSPS) is 15.6. The topological polar surface area (TPSA) is 151 Å². The Kier molecular flexibility index (Phi) is 10.4. The largest absolute Gasteiger partial charge is 0.395 e. The Labute approximate surface area is 333 Å². The van der Waals surface area contributed by atoms with Gasteiger partial charge in [-0.3, -0.25) is 19.2 Å². The fraction of sp³-hybridized carbons (Fsp3) is 0.174. The summed E-state index contributed by atoms with van der Waals surface area (Å²) in [7, 11) is 0. The molecule has 3 heterocycles. The lowest BCUT2D eigenvalue weighted by Gasteiger charge is -2.28. The molecule has 0 saturated carbocycles. The summed E-state index contributed by atoms with van der Waals surface area (Å²) in [6.45, 7) is 2.02. The summed E-state index contributed by atoms with van der Waals surface area (Å²) in [5.41, 5.74) is 0.437. The van der Waals surface area contributed by atoms with Crippen LogP contribution < -0.4 is 16.0 Å². The highest BCUT2D eigenvalue weighted by Crippen LogP contribution is 2.46. The van der Waals surface area contributed by atoms with Gasteiger partial charge in [-0.25, -0.2) is 0 Å². The van der Waals surface area contributed by atoms with E-state index < -0.39 is 17.4 Å². The van der Waals surface area contributed by atoms with Crippen molar-refractivity contribution in [2.24, 2.45) is 5.92 Å². The molecule has 0 spiro atoms. The predicted octanol–water partition coefficient (Wildman–Crippen LogP) is 5.42. The molecule has 1 aliphatic heterocycles. The van der Waals surface area contributed by atoms with E-state index in [-0.39, 0.29) is 48.7 Å². The quantitative estimate of drug-likeness (QED) is 0.156. The van der Waals surface area contributed by atoms with Crippen LogP contribution in [0.25, 0.3) is 32.9 Å². The van der Waals surface area contributed by atoms with E-state index in [0.29, 0.717) is 45.3 Å². The van der Waals surface area contributed by atoms with Gasteiger partial charge in [-0.2, -0.15) is 19.6 Å². The van der Waals surface area contributed by atoms with E-state index >= 15 is 0 Å². The van der Waals surface area contributed by atoms with E-state index in [2.05, 4.69) is 10.2 Å². The molecule has 12 heteroatoms. The molecular formula is C46H40N6O6. The van der Waals surface area contributed by atoms with Crippen LogP contribution in [0.2, 0.25) is 0 Å². The zero-order valence-corrected chi connectivity index (χ0v) is 31.7. The molecule has 2 atom stereocenters. The van der Waals surface area contributed by atoms with E-state index in [1.54, 1.807) is 103 Å². The first-order chi connectivity index (χ1) is 28.2. The molecule has 0 radical (unpaired) electrons. The molecule has 7 aromatic rings. The lowest BCUT2D eigenvalue weighted by Crippen LogP contribution is -2.44. The van der Waals surface area contributed by atoms with Crippen molar-refractivity contribution in [1.29, 1.82) is 0 Å². The molecule has 0 fully saturated rings. The van der Waals surface area contributed by atoms with Gasteiger partial charge in [0.05, 0.1) is 53.4 Å². The Balaban J connectivity index is 1.13. The first kappa shape index (κ1) is 37.9. The Morgan fingerprint density at radius 1 is 0.759 bits per heavy atom. The summed E-state index contributed by atoms with van der Waals surface area (Å²) in [5.74, 6) is -1.66. The number of anilines is 1. The molecule has 1 aliphatic rings. The van der Waals surface area contributed by atoms with Crippen molar-refractivity contribution in [1.82, 2.24) is 24.5 Å². The highest BCUT2D eigenvalue weighted by molar-refractivity contribution is 6.07. The van der Waals surface area contributed by atoms with Gasteiger partial charge in [0, 0.05) is 41.8 Å². The number of carbonyl (C=O) groups excluding carboxylic acids is 2. The average molecular weight is 773 g/mol. The van der Waals surface area contributed by atoms with E-state index in [1.807, 2.05) is 54.6 Å². The first-order valence-electron chi connectivity index (χ1n) is 19.0. The molecule has 0 aliphatic carbocycles. The first-order valence-corrected chi connectivity index (χ1v) is 19.0. The maximum Gasteiger partial charge on any atom is 0.279 e. The third kappa shape index (κ3) is 6.99. The Morgan fingerprint density at radius 2 is 1.36 bits per heavy atom. The Hall–Kier alpha value is -7.02. The van der Waals surface area contributed by atoms with Gasteiger partial charge in [-0.15, -0.1) is 0 Å². The van der Waals surface area contributed by atoms with E-state index in [1.165, 1.54) is 14.3 Å². The molecule has 290 valence electrons. The molecule has 2 N–H and O–H groups in total. The zero-order chi connectivity index (χ0) is 40.4. The standard InChI is InChI=1S/C46H40N6O6/c1-31(11-9-20-42(54)49(23-24-53)29-32-12-3-2-4-13-32)46(58)40-26-37(52-44(56)39-19-8-6-16-35(39)28-48-52)21-22-41(40)50(45(46)57)30-33-14-10-17-36(25-33)51-43(55)38-18-7-5-15-34(38)27-47-51/h2-19,21-22,25-28,31,53,58H,20,23-24,29-30H2,1H3/b11-9+/t31-,46+/m0/s1. The van der Waals surface area contributed by atoms with Crippen LogP contribution in [0.1, 0.15) is 30.0 Å². The Bertz CT molecular complexity index is 2840. The second kappa shape index (κ2) is 15.8. The second-order valence-electron chi connectivity index (χ2n) is 14.4. The van der Waals surface area contributed by atoms with Gasteiger partial charge in [0.15, 0.2) is 5.60 Å². The number of aliphatic hydroxyl groups excluding tert-OH is 1. The number of rotatable bonds is 12. The van der Waals surface area contributed by atoms with Gasteiger partial charge in [0.2, 0.25) is 5.91 Å².